The van der Waals surface area contributed by atoms with Gasteiger partial charge in [-0.15, -0.1) is 0 Å². The minimum absolute atomic E-state index is 0.542. The normalized spacial score (nSPS) is 12.4. The van der Waals surface area contributed by atoms with Gasteiger partial charge in [-0.3, -0.25) is 9.88 Å². The smallest absolute Gasteiger partial charge is 0.238 e. The summed E-state index contributed by atoms with van der Waals surface area (Å²) in [4.78, 5) is 25.3. The summed E-state index contributed by atoms with van der Waals surface area (Å²) >= 11 is 0. The van der Waals surface area contributed by atoms with Gasteiger partial charge in [-0.1, -0.05) is 133 Å². The van der Waals surface area contributed by atoms with Gasteiger partial charge in [0.05, 0.1) is 34.0 Å². The van der Waals surface area contributed by atoms with Crippen molar-refractivity contribution < 1.29 is 0 Å². The second kappa shape index (κ2) is 12.1. The van der Waals surface area contributed by atoms with Gasteiger partial charge in [-0.05, 0) is 69.4 Å². The van der Waals surface area contributed by atoms with Gasteiger partial charge < -0.3 is 4.90 Å². The van der Waals surface area contributed by atoms with E-state index in [9.17, 15) is 0 Å². The fraction of sp³-hybridized carbons (Fsp3) is 0. The molecule has 0 N–H and O–H groups in total. The molecule has 11 rings (SSSR count). The molecular formula is C48H30N6. The summed E-state index contributed by atoms with van der Waals surface area (Å²) in [6.07, 6.45) is 1.86. The zero-order chi connectivity index (χ0) is 35.6. The van der Waals surface area contributed by atoms with E-state index in [1.807, 2.05) is 12.3 Å². The van der Waals surface area contributed by atoms with Gasteiger partial charge in [0.1, 0.15) is 0 Å². The van der Waals surface area contributed by atoms with Crippen molar-refractivity contribution in [1.82, 2.24) is 19.9 Å². The topological polar surface area (TPSA) is 58.0 Å². The zero-order valence-electron chi connectivity index (χ0n) is 29.0. The largest absolute Gasteiger partial charge is 0.305 e. The lowest BCUT2D eigenvalue weighted by molar-refractivity contribution is 1.01. The molecule has 0 spiro atoms. The van der Waals surface area contributed by atoms with Crippen LogP contribution < -0.4 is 9.80 Å². The van der Waals surface area contributed by atoms with E-state index < -0.39 is 0 Å². The highest BCUT2D eigenvalue weighted by Gasteiger charge is 2.34. The molecule has 1 aliphatic rings. The Labute approximate surface area is 311 Å². The van der Waals surface area contributed by atoms with Gasteiger partial charge in [0.2, 0.25) is 5.95 Å². The van der Waals surface area contributed by atoms with Crippen LogP contribution in [-0.4, -0.2) is 19.9 Å². The number of rotatable bonds is 4. The molecule has 2 aromatic heterocycles. The van der Waals surface area contributed by atoms with Crippen LogP contribution in [0.3, 0.4) is 0 Å². The molecular weight excluding hydrogens is 661 g/mol. The Kier molecular flexibility index (Phi) is 6.75. The molecule has 252 valence electrons. The Morgan fingerprint density at radius 1 is 0.352 bits per heavy atom. The monoisotopic (exact) mass is 690 g/mol. The number of pyridine rings is 1. The number of anilines is 6. The lowest BCUT2D eigenvalue weighted by atomic mass is 9.99. The number of nitrogens with zero attached hydrogens (tertiary/aromatic N) is 6. The summed E-state index contributed by atoms with van der Waals surface area (Å²) in [5, 5.41) is 7.78. The first kappa shape index (κ1) is 30.2. The van der Waals surface area contributed by atoms with Gasteiger partial charge >= 0.3 is 0 Å². The third kappa shape index (κ3) is 4.67. The summed E-state index contributed by atoms with van der Waals surface area (Å²) in [5.41, 5.74) is 7.87. The maximum atomic E-state index is 5.35. The van der Waals surface area contributed by atoms with Crippen LogP contribution in [0.15, 0.2) is 182 Å². The van der Waals surface area contributed by atoms with E-state index in [0.29, 0.717) is 17.6 Å². The van der Waals surface area contributed by atoms with Crippen molar-refractivity contribution >= 4 is 77.6 Å². The quantitative estimate of drug-likeness (QED) is 0.171. The summed E-state index contributed by atoms with van der Waals surface area (Å²) in [7, 11) is 0. The highest BCUT2D eigenvalue weighted by atomic mass is 15.3. The van der Waals surface area contributed by atoms with Gasteiger partial charge in [-0.2, -0.15) is 9.97 Å². The summed E-state index contributed by atoms with van der Waals surface area (Å²) in [6.45, 7) is 0. The SMILES string of the molecule is c1ccc2c(c1)N(c1nc(-c3cccc4ccccc34)nc(-c3cccc4ccccc34)n1)c1ccccc1N2c1c2ccccc2cc2ncccc12. The molecule has 0 saturated heterocycles. The van der Waals surface area contributed by atoms with E-state index in [1.54, 1.807) is 0 Å². The molecule has 0 aliphatic carbocycles. The van der Waals surface area contributed by atoms with Crippen LogP contribution in [0.4, 0.5) is 34.4 Å². The fourth-order valence-corrected chi connectivity index (χ4v) is 8.05. The third-order valence-corrected chi connectivity index (χ3v) is 10.4. The minimum Gasteiger partial charge on any atom is -0.305 e. The highest BCUT2D eigenvalue weighted by Crippen LogP contribution is 2.55. The van der Waals surface area contributed by atoms with E-state index in [0.717, 1.165) is 82.8 Å². The molecule has 6 heteroatoms. The summed E-state index contributed by atoms with van der Waals surface area (Å²) < 4.78 is 0. The number of benzene rings is 8. The number of para-hydroxylation sites is 4. The molecule has 10 aromatic rings. The third-order valence-electron chi connectivity index (χ3n) is 10.4. The Morgan fingerprint density at radius 2 is 0.815 bits per heavy atom. The van der Waals surface area contributed by atoms with Crippen molar-refractivity contribution in [2.24, 2.45) is 0 Å². The molecule has 0 fully saturated rings. The van der Waals surface area contributed by atoms with Crippen molar-refractivity contribution in [2.75, 3.05) is 9.80 Å². The van der Waals surface area contributed by atoms with E-state index in [4.69, 9.17) is 19.9 Å². The molecule has 3 heterocycles. The highest BCUT2D eigenvalue weighted by molar-refractivity contribution is 6.16. The Hall–Kier alpha value is -7.44. The number of aromatic nitrogens is 4. The summed E-state index contributed by atoms with van der Waals surface area (Å²) in [6, 6.07) is 61.4. The van der Waals surface area contributed by atoms with Gasteiger partial charge in [0.25, 0.3) is 0 Å². The zero-order valence-corrected chi connectivity index (χ0v) is 29.0. The molecule has 8 aromatic carbocycles. The van der Waals surface area contributed by atoms with Crippen molar-refractivity contribution in [1.29, 1.82) is 0 Å². The first-order valence-corrected chi connectivity index (χ1v) is 18.1. The lowest BCUT2D eigenvalue weighted by Gasteiger charge is -2.40. The molecule has 0 saturated carbocycles. The second-order valence-electron chi connectivity index (χ2n) is 13.5. The van der Waals surface area contributed by atoms with E-state index >= 15 is 0 Å². The number of hydrogen-bond donors (Lipinski definition) is 0. The lowest BCUT2D eigenvalue weighted by Crippen LogP contribution is -2.25. The van der Waals surface area contributed by atoms with Crippen LogP contribution in [-0.2, 0) is 0 Å². The molecule has 54 heavy (non-hydrogen) atoms. The molecule has 0 radical (unpaired) electrons. The van der Waals surface area contributed by atoms with Crippen molar-refractivity contribution in [3.8, 4) is 22.8 Å². The van der Waals surface area contributed by atoms with Crippen molar-refractivity contribution in [3.63, 3.8) is 0 Å². The van der Waals surface area contributed by atoms with Crippen LogP contribution in [0.2, 0.25) is 0 Å². The maximum absolute atomic E-state index is 5.35. The second-order valence-corrected chi connectivity index (χ2v) is 13.5. The van der Waals surface area contributed by atoms with E-state index in [1.165, 1.54) is 0 Å². The van der Waals surface area contributed by atoms with E-state index in [-0.39, 0.29) is 0 Å². The van der Waals surface area contributed by atoms with Crippen LogP contribution in [0.25, 0.3) is 66.0 Å². The Morgan fingerprint density at radius 3 is 1.41 bits per heavy atom. The standard InChI is InChI=1S/C48H30N6/c1-4-19-34-31(14-1)17-11-22-37(34)46-50-47(38-23-12-18-32-15-2-5-20-35(32)38)52-48(51-46)54-43-27-9-7-25-41(43)53(42-26-8-10-28-44(42)54)45-36-21-6-3-16-33(36)30-40-39(45)24-13-29-49-40/h1-30H. The molecule has 6 nitrogen and oxygen atoms in total. The first-order valence-electron chi connectivity index (χ1n) is 18.1. The average molecular weight is 691 g/mol. The molecule has 0 amide bonds. The van der Waals surface area contributed by atoms with Crippen LogP contribution in [0, 0.1) is 0 Å². The number of fused-ring (bicyclic) bond motifs is 6. The van der Waals surface area contributed by atoms with Gasteiger partial charge in [0.15, 0.2) is 11.6 Å². The minimum atomic E-state index is 0.542. The predicted molar refractivity (Wildman–Crippen MR) is 221 cm³/mol. The fourth-order valence-electron chi connectivity index (χ4n) is 8.05. The molecule has 1 aliphatic heterocycles. The Bertz CT molecular complexity index is 2890. The van der Waals surface area contributed by atoms with Crippen molar-refractivity contribution in [2.45, 2.75) is 0 Å². The van der Waals surface area contributed by atoms with Crippen LogP contribution >= 0.6 is 0 Å². The number of hydrogen-bond acceptors (Lipinski definition) is 6. The average Bonchev–Trinajstić information content (AvgIpc) is 3.24. The predicted octanol–water partition coefficient (Wildman–Crippen LogP) is 12.5. The van der Waals surface area contributed by atoms with Crippen LogP contribution in [0.1, 0.15) is 0 Å². The summed E-state index contributed by atoms with van der Waals surface area (Å²) in [5.74, 6) is 1.77. The molecule has 0 atom stereocenters. The van der Waals surface area contributed by atoms with Gasteiger partial charge in [-0.25, -0.2) is 4.98 Å². The first-order chi connectivity index (χ1) is 26.8. The molecule has 0 unspecified atom stereocenters. The van der Waals surface area contributed by atoms with Crippen molar-refractivity contribution in [3.05, 3.63) is 182 Å². The van der Waals surface area contributed by atoms with Gasteiger partial charge in [0, 0.05) is 28.1 Å². The molecule has 0 bridgehead atoms. The van der Waals surface area contributed by atoms with E-state index in [2.05, 4.69) is 180 Å². The Balaban J connectivity index is 1.20. The van der Waals surface area contributed by atoms with Crippen LogP contribution in [0.5, 0.6) is 0 Å². The maximum Gasteiger partial charge on any atom is 0.238 e.